The summed E-state index contributed by atoms with van der Waals surface area (Å²) in [6, 6.07) is 12.4. The van der Waals surface area contributed by atoms with Crippen LogP contribution < -0.4 is 11.3 Å². The number of halogens is 2. The summed E-state index contributed by atoms with van der Waals surface area (Å²) in [5.74, 6) is 6.00. The number of hydrazine groups is 1. The van der Waals surface area contributed by atoms with Gasteiger partial charge in [0.2, 0.25) is 0 Å². The standard InChI is InChI=1S/C17H18ClFN2/c18-14-8-9-16(19)15(10-14)17(21-20)13-6-4-12(5-7-13)11-2-1-3-11/h4-11,17,21H,1-3,20H2. The second kappa shape index (κ2) is 6.14. The molecule has 1 fully saturated rings. The third kappa shape index (κ3) is 2.95. The number of rotatable bonds is 4. The van der Waals surface area contributed by atoms with Crippen molar-refractivity contribution in [3.05, 3.63) is 70.0 Å². The van der Waals surface area contributed by atoms with Crippen molar-refractivity contribution in [2.75, 3.05) is 0 Å². The minimum absolute atomic E-state index is 0.314. The van der Waals surface area contributed by atoms with Crippen LogP contribution in [-0.2, 0) is 0 Å². The lowest BCUT2D eigenvalue weighted by Gasteiger charge is -2.26. The van der Waals surface area contributed by atoms with Gasteiger partial charge in [-0.2, -0.15) is 0 Å². The van der Waals surface area contributed by atoms with E-state index in [1.54, 1.807) is 6.07 Å². The first-order valence-electron chi connectivity index (χ1n) is 7.20. The van der Waals surface area contributed by atoms with E-state index in [1.165, 1.54) is 37.0 Å². The lowest BCUT2D eigenvalue weighted by atomic mass is 9.79. The molecule has 3 N–H and O–H groups in total. The molecular weight excluding hydrogens is 287 g/mol. The minimum atomic E-state index is -0.404. The molecule has 110 valence electrons. The van der Waals surface area contributed by atoms with E-state index in [4.69, 9.17) is 17.4 Å². The predicted octanol–water partition coefficient (Wildman–Crippen LogP) is 4.30. The van der Waals surface area contributed by atoms with Crippen LogP contribution in [0.1, 0.15) is 47.9 Å². The summed E-state index contributed by atoms with van der Waals surface area (Å²) in [6.07, 6.45) is 3.84. The van der Waals surface area contributed by atoms with Crippen LogP contribution in [0.2, 0.25) is 5.02 Å². The van der Waals surface area contributed by atoms with E-state index in [0.29, 0.717) is 16.5 Å². The van der Waals surface area contributed by atoms with Crippen LogP contribution in [0.3, 0.4) is 0 Å². The zero-order valence-corrected chi connectivity index (χ0v) is 12.4. The third-order valence-corrected chi connectivity index (χ3v) is 4.52. The van der Waals surface area contributed by atoms with Crippen molar-refractivity contribution in [3.63, 3.8) is 0 Å². The van der Waals surface area contributed by atoms with Crippen LogP contribution in [0.25, 0.3) is 0 Å². The average Bonchev–Trinajstić information content (AvgIpc) is 2.43. The van der Waals surface area contributed by atoms with Gasteiger partial charge in [-0.3, -0.25) is 5.84 Å². The Hall–Kier alpha value is -1.42. The van der Waals surface area contributed by atoms with E-state index >= 15 is 0 Å². The summed E-state index contributed by atoms with van der Waals surface area (Å²) < 4.78 is 14.0. The maximum Gasteiger partial charge on any atom is 0.128 e. The highest BCUT2D eigenvalue weighted by atomic mass is 35.5. The van der Waals surface area contributed by atoms with Crippen LogP contribution in [0, 0.1) is 5.82 Å². The fourth-order valence-electron chi connectivity index (χ4n) is 2.80. The van der Waals surface area contributed by atoms with Gasteiger partial charge in [-0.05, 0) is 48.1 Å². The van der Waals surface area contributed by atoms with Gasteiger partial charge in [0.15, 0.2) is 0 Å². The summed E-state index contributed by atoms with van der Waals surface area (Å²) in [7, 11) is 0. The first-order chi connectivity index (χ1) is 10.2. The zero-order chi connectivity index (χ0) is 14.8. The highest BCUT2D eigenvalue weighted by Gasteiger charge is 2.21. The molecular formula is C17H18ClFN2. The Labute approximate surface area is 129 Å². The third-order valence-electron chi connectivity index (χ3n) is 4.28. The average molecular weight is 305 g/mol. The van der Waals surface area contributed by atoms with Gasteiger partial charge in [-0.15, -0.1) is 0 Å². The number of hydrogen-bond donors (Lipinski definition) is 2. The molecule has 0 bridgehead atoms. The van der Waals surface area contributed by atoms with E-state index in [2.05, 4.69) is 17.6 Å². The van der Waals surface area contributed by atoms with E-state index in [9.17, 15) is 4.39 Å². The van der Waals surface area contributed by atoms with Crippen LogP contribution in [0.4, 0.5) is 4.39 Å². The fourth-order valence-corrected chi connectivity index (χ4v) is 2.98. The van der Waals surface area contributed by atoms with Crippen molar-refractivity contribution in [2.45, 2.75) is 31.2 Å². The molecule has 3 rings (SSSR count). The van der Waals surface area contributed by atoms with Gasteiger partial charge in [0.25, 0.3) is 0 Å². The first kappa shape index (κ1) is 14.5. The fraction of sp³-hybridized carbons (Fsp3) is 0.294. The monoisotopic (exact) mass is 304 g/mol. The molecule has 1 unspecified atom stereocenters. The summed E-state index contributed by atoms with van der Waals surface area (Å²) in [5.41, 5.74) is 5.43. The molecule has 0 aromatic heterocycles. The highest BCUT2D eigenvalue weighted by Crippen LogP contribution is 2.37. The quantitative estimate of drug-likeness (QED) is 0.653. The summed E-state index contributed by atoms with van der Waals surface area (Å²) in [5, 5.41) is 0.498. The lowest BCUT2D eigenvalue weighted by Crippen LogP contribution is -2.29. The van der Waals surface area contributed by atoms with Crippen LogP contribution in [0.15, 0.2) is 42.5 Å². The van der Waals surface area contributed by atoms with Gasteiger partial charge in [0.1, 0.15) is 5.82 Å². The number of benzene rings is 2. The molecule has 4 heteroatoms. The SMILES string of the molecule is NNC(c1ccc(C2CCC2)cc1)c1cc(Cl)ccc1F. The topological polar surface area (TPSA) is 38.0 Å². The molecule has 0 spiro atoms. The van der Waals surface area contributed by atoms with Gasteiger partial charge in [-0.1, -0.05) is 42.3 Å². The first-order valence-corrected chi connectivity index (χ1v) is 7.58. The van der Waals surface area contributed by atoms with Crippen molar-refractivity contribution in [3.8, 4) is 0 Å². The Bertz CT molecular complexity index is 623. The van der Waals surface area contributed by atoms with Crippen LogP contribution in [0.5, 0.6) is 0 Å². The molecule has 21 heavy (non-hydrogen) atoms. The van der Waals surface area contributed by atoms with Crippen LogP contribution >= 0.6 is 11.6 Å². The van der Waals surface area contributed by atoms with Crippen molar-refractivity contribution < 1.29 is 4.39 Å². The van der Waals surface area contributed by atoms with E-state index in [1.807, 2.05) is 12.1 Å². The molecule has 2 aromatic carbocycles. The Morgan fingerprint density at radius 1 is 1.14 bits per heavy atom. The lowest BCUT2D eigenvalue weighted by molar-refractivity contribution is 0.419. The number of hydrogen-bond acceptors (Lipinski definition) is 2. The van der Waals surface area contributed by atoms with E-state index < -0.39 is 6.04 Å². The van der Waals surface area contributed by atoms with Gasteiger partial charge >= 0.3 is 0 Å². The Morgan fingerprint density at radius 2 is 1.86 bits per heavy atom. The predicted molar refractivity (Wildman–Crippen MR) is 83.6 cm³/mol. The number of nitrogens with two attached hydrogens (primary N) is 1. The Balaban J connectivity index is 1.90. The van der Waals surface area contributed by atoms with Crippen molar-refractivity contribution in [1.29, 1.82) is 0 Å². The molecule has 0 heterocycles. The highest BCUT2D eigenvalue weighted by molar-refractivity contribution is 6.30. The molecule has 2 nitrogen and oxygen atoms in total. The van der Waals surface area contributed by atoms with Crippen molar-refractivity contribution in [2.24, 2.45) is 5.84 Å². The largest absolute Gasteiger partial charge is 0.271 e. The Morgan fingerprint density at radius 3 is 2.43 bits per heavy atom. The molecule has 0 saturated heterocycles. The smallest absolute Gasteiger partial charge is 0.128 e. The molecule has 0 aliphatic heterocycles. The molecule has 1 aliphatic carbocycles. The minimum Gasteiger partial charge on any atom is -0.271 e. The van der Waals surface area contributed by atoms with Gasteiger partial charge in [0.05, 0.1) is 6.04 Å². The summed E-state index contributed by atoms with van der Waals surface area (Å²) >= 11 is 5.96. The number of nitrogens with one attached hydrogen (secondary N) is 1. The molecule has 2 aromatic rings. The zero-order valence-electron chi connectivity index (χ0n) is 11.7. The van der Waals surface area contributed by atoms with E-state index in [-0.39, 0.29) is 5.82 Å². The Kier molecular flexibility index (Phi) is 4.24. The van der Waals surface area contributed by atoms with Gasteiger partial charge in [-0.25, -0.2) is 9.82 Å². The van der Waals surface area contributed by atoms with Crippen molar-refractivity contribution in [1.82, 2.24) is 5.43 Å². The molecule has 0 radical (unpaired) electrons. The van der Waals surface area contributed by atoms with E-state index in [0.717, 1.165) is 5.56 Å². The maximum atomic E-state index is 14.0. The summed E-state index contributed by atoms with van der Waals surface area (Å²) in [6.45, 7) is 0. The second-order valence-corrected chi connectivity index (χ2v) is 6.00. The van der Waals surface area contributed by atoms with Crippen molar-refractivity contribution >= 4 is 11.6 Å². The molecule has 1 atom stereocenters. The van der Waals surface area contributed by atoms with Crippen LogP contribution in [-0.4, -0.2) is 0 Å². The van der Waals surface area contributed by atoms with Gasteiger partial charge < -0.3 is 0 Å². The summed E-state index contributed by atoms with van der Waals surface area (Å²) in [4.78, 5) is 0. The molecule has 0 amide bonds. The molecule has 1 saturated carbocycles. The normalized spacial score (nSPS) is 16.5. The second-order valence-electron chi connectivity index (χ2n) is 5.56. The van der Waals surface area contributed by atoms with Gasteiger partial charge in [0, 0.05) is 10.6 Å². The molecule has 1 aliphatic rings. The maximum absolute atomic E-state index is 14.0.